The smallest absolute Gasteiger partial charge is 0.123 e. The van der Waals surface area contributed by atoms with E-state index in [2.05, 4.69) is 5.32 Å². The molecule has 2 fully saturated rings. The molecule has 21 heavy (non-hydrogen) atoms. The zero-order chi connectivity index (χ0) is 14.5. The Hall–Kier alpha value is -0.930. The summed E-state index contributed by atoms with van der Waals surface area (Å²) >= 11 is 0. The summed E-state index contributed by atoms with van der Waals surface area (Å²) in [5, 5.41) is 3.67. The second-order valence-corrected chi connectivity index (χ2v) is 6.67. The number of halogens is 1. The van der Waals surface area contributed by atoms with Gasteiger partial charge < -0.3 is 10.1 Å². The van der Waals surface area contributed by atoms with E-state index in [1.807, 2.05) is 12.1 Å². The Balaban J connectivity index is 1.55. The van der Waals surface area contributed by atoms with Crippen molar-refractivity contribution in [2.75, 3.05) is 19.8 Å². The average Bonchev–Trinajstić information content (AvgIpc) is 3.32. The van der Waals surface area contributed by atoms with Gasteiger partial charge in [0.25, 0.3) is 0 Å². The summed E-state index contributed by atoms with van der Waals surface area (Å²) in [5.41, 5.74) is 1.26. The van der Waals surface area contributed by atoms with Crippen LogP contribution in [0.1, 0.15) is 37.7 Å². The fourth-order valence-corrected chi connectivity index (χ4v) is 3.27. The van der Waals surface area contributed by atoms with Gasteiger partial charge in [0.2, 0.25) is 0 Å². The lowest BCUT2D eigenvalue weighted by atomic mass is 9.85. The van der Waals surface area contributed by atoms with Gasteiger partial charge in [-0.15, -0.1) is 0 Å². The van der Waals surface area contributed by atoms with E-state index < -0.39 is 0 Å². The van der Waals surface area contributed by atoms with Crippen LogP contribution in [0.15, 0.2) is 24.3 Å². The van der Waals surface area contributed by atoms with E-state index in [1.165, 1.54) is 37.7 Å². The Kier molecular flexibility index (Phi) is 5.26. The largest absolute Gasteiger partial charge is 0.381 e. The molecule has 1 saturated carbocycles. The highest BCUT2D eigenvalue weighted by molar-refractivity contribution is 5.16. The summed E-state index contributed by atoms with van der Waals surface area (Å²) in [6.45, 7) is 2.94. The molecule has 116 valence electrons. The van der Waals surface area contributed by atoms with Gasteiger partial charge in [-0.3, -0.25) is 0 Å². The molecule has 2 aliphatic rings. The van der Waals surface area contributed by atoms with Crippen molar-refractivity contribution in [2.45, 2.75) is 44.6 Å². The van der Waals surface area contributed by atoms with Crippen LogP contribution in [0.25, 0.3) is 0 Å². The van der Waals surface area contributed by atoms with Gasteiger partial charge in [0.15, 0.2) is 0 Å². The molecule has 1 unspecified atom stereocenters. The van der Waals surface area contributed by atoms with Gasteiger partial charge in [0.05, 0.1) is 0 Å². The second kappa shape index (κ2) is 7.37. The predicted molar refractivity (Wildman–Crippen MR) is 82.8 cm³/mol. The van der Waals surface area contributed by atoms with Crippen molar-refractivity contribution < 1.29 is 9.13 Å². The first-order valence-electron chi connectivity index (χ1n) is 8.35. The van der Waals surface area contributed by atoms with Crippen molar-refractivity contribution >= 4 is 0 Å². The third-order valence-corrected chi connectivity index (χ3v) is 4.72. The van der Waals surface area contributed by atoms with E-state index in [-0.39, 0.29) is 5.82 Å². The molecule has 3 rings (SSSR count). The van der Waals surface area contributed by atoms with Gasteiger partial charge in [-0.1, -0.05) is 12.1 Å². The lowest BCUT2D eigenvalue weighted by Gasteiger charge is -2.27. The Bertz CT molecular complexity index is 423. The molecule has 2 nitrogen and oxygen atoms in total. The maximum absolute atomic E-state index is 13.0. The highest BCUT2D eigenvalue weighted by Crippen LogP contribution is 2.26. The molecule has 0 bridgehead atoms. The molecule has 0 spiro atoms. The Morgan fingerprint density at radius 1 is 1.10 bits per heavy atom. The van der Waals surface area contributed by atoms with Crippen molar-refractivity contribution in [3.63, 3.8) is 0 Å². The van der Waals surface area contributed by atoms with Crippen LogP contribution in [0.4, 0.5) is 4.39 Å². The SMILES string of the molecule is Fc1ccc(CC(CNC2CC2)CC2CCOCC2)cc1. The van der Waals surface area contributed by atoms with Crippen LogP contribution in [-0.2, 0) is 11.2 Å². The molecule has 1 N–H and O–H groups in total. The number of hydrogen-bond acceptors (Lipinski definition) is 2. The van der Waals surface area contributed by atoms with E-state index >= 15 is 0 Å². The minimum atomic E-state index is -0.143. The van der Waals surface area contributed by atoms with E-state index in [4.69, 9.17) is 4.74 Å². The molecule has 0 radical (unpaired) electrons. The monoisotopic (exact) mass is 291 g/mol. The van der Waals surface area contributed by atoms with E-state index in [9.17, 15) is 4.39 Å². The molecular formula is C18H26FNO. The van der Waals surface area contributed by atoms with Crippen LogP contribution < -0.4 is 5.32 Å². The van der Waals surface area contributed by atoms with Crippen LogP contribution in [-0.4, -0.2) is 25.8 Å². The topological polar surface area (TPSA) is 21.3 Å². The van der Waals surface area contributed by atoms with Crippen molar-refractivity contribution in [1.82, 2.24) is 5.32 Å². The molecule has 1 aromatic carbocycles. The Labute approximate surface area is 127 Å². The van der Waals surface area contributed by atoms with E-state index in [0.29, 0.717) is 5.92 Å². The molecule has 1 heterocycles. The lowest BCUT2D eigenvalue weighted by molar-refractivity contribution is 0.0584. The molecule has 0 amide bonds. The summed E-state index contributed by atoms with van der Waals surface area (Å²) in [4.78, 5) is 0. The molecule has 1 aromatic rings. The molecule has 1 aliphatic heterocycles. The van der Waals surface area contributed by atoms with E-state index in [1.54, 1.807) is 12.1 Å². The van der Waals surface area contributed by atoms with Gasteiger partial charge in [-0.2, -0.15) is 0 Å². The number of nitrogens with one attached hydrogen (secondary N) is 1. The van der Waals surface area contributed by atoms with Crippen molar-refractivity contribution in [3.8, 4) is 0 Å². The van der Waals surface area contributed by atoms with Crippen molar-refractivity contribution in [1.29, 1.82) is 0 Å². The predicted octanol–water partition coefficient (Wildman–Crippen LogP) is 3.55. The average molecular weight is 291 g/mol. The minimum Gasteiger partial charge on any atom is -0.381 e. The van der Waals surface area contributed by atoms with Gasteiger partial charge >= 0.3 is 0 Å². The van der Waals surface area contributed by atoms with Crippen molar-refractivity contribution in [3.05, 3.63) is 35.6 Å². The number of rotatable bonds is 7. The molecule has 1 atom stereocenters. The molecule has 0 aromatic heterocycles. The van der Waals surface area contributed by atoms with Gasteiger partial charge in [0, 0.05) is 19.3 Å². The fourth-order valence-electron chi connectivity index (χ4n) is 3.27. The summed E-state index contributed by atoms with van der Waals surface area (Å²) in [6.07, 6.45) is 7.38. The van der Waals surface area contributed by atoms with Gasteiger partial charge in [-0.05, 0) is 74.6 Å². The van der Waals surface area contributed by atoms with Crippen LogP contribution in [0.5, 0.6) is 0 Å². The quantitative estimate of drug-likeness (QED) is 0.829. The molecule has 1 aliphatic carbocycles. The first-order valence-corrected chi connectivity index (χ1v) is 8.35. The Morgan fingerprint density at radius 3 is 2.48 bits per heavy atom. The summed E-state index contributed by atoms with van der Waals surface area (Å²) < 4.78 is 18.5. The molecule has 3 heteroatoms. The van der Waals surface area contributed by atoms with Crippen molar-refractivity contribution in [2.24, 2.45) is 11.8 Å². The van der Waals surface area contributed by atoms with Crippen LogP contribution >= 0.6 is 0 Å². The minimum absolute atomic E-state index is 0.143. The van der Waals surface area contributed by atoms with Crippen LogP contribution in [0, 0.1) is 17.7 Å². The fraction of sp³-hybridized carbons (Fsp3) is 0.667. The third kappa shape index (κ3) is 5.08. The highest BCUT2D eigenvalue weighted by Gasteiger charge is 2.24. The number of benzene rings is 1. The van der Waals surface area contributed by atoms with E-state index in [0.717, 1.165) is 38.1 Å². The standard InChI is InChI=1S/C18H26FNO/c19-17-3-1-14(2-4-17)11-16(13-20-18-5-6-18)12-15-7-9-21-10-8-15/h1-4,15-16,18,20H,5-13H2. The second-order valence-electron chi connectivity index (χ2n) is 6.67. The van der Waals surface area contributed by atoms with Crippen LogP contribution in [0.3, 0.4) is 0 Å². The first-order chi connectivity index (χ1) is 10.3. The summed E-state index contributed by atoms with van der Waals surface area (Å²) in [6, 6.07) is 7.78. The maximum Gasteiger partial charge on any atom is 0.123 e. The maximum atomic E-state index is 13.0. The first kappa shape index (κ1) is 15.0. The number of hydrogen-bond donors (Lipinski definition) is 1. The molecular weight excluding hydrogens is 265 g/mol. The lowest BCUT2D eigenvalue weighted by Crippen LogP contribution is -2.29. The number of ether oxygens (including phenoxy) is 1. The third-order valence-electron chi connectivity index (χ3n) is 4.72. The normalized spacial score (nSPS) is 21.4. The van der Waals surface area contributed by atoms with Gasteiger partial charge in [0.1, 0.15) is 5.82 Å². The van der Waals surface area contributed by atoms with Crippen LogP contribution in [0.2, 0.25) is 0 Å². The Morgan fingerprint density at radius 2 is 1.81 bits per heavy atom. The summed E-state index contributed by atoms with van der Waals surface area (Å²) in [7, 11) is 0. The molecule has 1 saturated heterocycles. The zero-order valence-corrected chi connectivity index (χ0v) is 12.7. The highest BCUT2D eigenvalue weighted by atomic mass is 19.1. The van der Waals surface area contributed by atoms with Gasteiger partial charge in [-0.25, -0.2) is 4.39 Å². The summed E-state index contributed by atoms with van der Waals surface area (Å²) in [5.74, 6) is 1.31. The zero-order valence-electron chi connectivity index (χ0n) is 12.7.